The summed E-state index contributed by atoms with van der Waals surface area (Å²) in [5.74, 6) is -1.01. The molecule has 0 aliphatic rings. The van der Waals surface area contributed by atoms with Crippen LogP contribution in [0.1, 0.15) is 14.5 Å². The number of benzene rings is 2. The predicted octanol–water partition coefficient (Wildman–Crippen LogP) is 6.21. The number of hydrogen-bond acceptors (Lipinski definition) is 10. The van der Waals surface area contributed by atoms with Gasteiger partial charge in [0.2, 0.25) is 5.13 Å². The molecule has 0 aliphatic carbocycles. The molecule has 1 amide bonds. The van der Waals surface area contributed by atoms with Gasteiger partial charge in [-0.15, -0.1) is 11.3 Å². The summed E-state index contributed by atoms with van der Waals surface area (Å²) in [6, 6.07) is 12.7. The number of carbonyl (C=O) groups is 1. The van der Waals surface area contributed by atoms with Crippen LogP contribution in [0.25, 0.3) is 20.3 Å². The fourth-order valence-electron chi connectivity index (χ4n) is 3.14. The molecule has 35 heavy (non-hydrogen) atoms. The molecule has 14 heteroatoms. The molecule has 3 aromatic heterocycles. The van der Waals surface area contributed by atoms with Gasteiger partial charge < -0.3 is 0 Å². The molecule has 0 aliphatic heterocycles. The van der Waals surface area contributed by atoms with Crippen molar-refractivity contribution in [2.45, 2.75) is 0 Å². The van der Waals surface area contributed by atoms with E-state index in [1.165, 1.54) is 54.7 Å². The summed E-state index contributed by atoms with van der Waals surface area (Å²) in [4.78, 5) is 39.6. The number of hydrazone groups is 1. The van der Waals surface area contributed by atoms with Gasteiger partial charge in [-0.3, -0.25) is 25.0 Å². The van der Waals surface area contributed by atoms with Crippen molar-refractivity contribution in [3.05, 3.63) is 90.4 Å². The van der Waals surface area contributed by atoms with E-state index >= 15 is 0 Å². The normalized spacial score (nSPS) is 11.5. The van der Waals surface area contributed by atoms with Crippen molar-refractivity contribution in [2.75, 3.05) is 5.01 Å². The minimum Gasteiger partial charge on any atom is -0.266 e. The summed E-state index contributed by atoms with van der Waals surface area (Å²) < 4.78 is 14.9. The zero-order chi connectivity index (χ0) is 24.7. The van der Waals surface area contributed by atoms with Gasteiger partial charge in [-0.2, -0.15) is 10.1 Å². The lowest BCUT2D eigenvalue weighted by Gasteiger charge is -2.12. The highest BCUT2D eigenvalue weighted by molar-refractivity contribution is 7.23. The van der Waals surface area contributed by atoms with Crippen LogP contribution >= 0.6 is 34.0 Å². The highest BCUT2D eigenvalue weighted by atomic mass is 32.1. The number of thiophene rings is 2. The van der Waals surface area contributed by atoms with Gasteiger partial charge in [0.25, 0.3) is 11.6 Å². The molecule has 0 radical (unpaired) electrons. The standard InChI is InChI=1S/C21H10FN5O5S3/c22-12-1-4-15-17(9-12)35-21(24-15)25(23-10-14-3-6-19(33-14)27(31)32)20(28)18-8-11-7-13(26(29)30)2-5-16(11)34-18/h1-10H/b23-10+. The number of amides is 1. The number of anilines is 1. The summed E-state index contributed by atoms with van der Waals surface area (Å²) in [6.07, 6.45) is 1.31. The Balaban J connectivity index is 1.56. The maximum absolute atomic E-state index is 13.7. The van der Waals surface area contributed by atoms with Crippen LogP contribution in [0.3, 0.4) is 0 Å². The lowest BCUT2D eigenvalue weighted by Crippen LogP contribution is -2.24. The van der Waals surface area contributed by atoms with Crippen LogP contribution in [0.5, 0.6) is 0 Å². The van der Waals surface area contributed by atoms with Crippen LogP contribution in [0.15, 0.2) is 59.7 Å². The number of non-ortho nitro benzene ring substituents is 1. The Morgan fingerprint density at radius 3 is 2.54 bits per heavy atom. The van der Waals surface area contributed by atoms with Crippen molar-refractivity contribution >= 4 is 82.3 Å². The third kappa shape index (κ3) is 4.49. The number of nitro groups is 2. The van der Waals surface area contributed by atoms with Crippen molar-refractivity contribution in [3.8, 4) is 0 Å². The summed E-state index contributed by atoms with van der Waals surface area (Å²) in [6.45, 7) is 0. The molecule has 0 spiro atoms. The molecule has 0 unspecified atom stereocenters. The molecule has 0 fully saturated rings. The van der Waals surface area contributed by atoms with Crippen LogP contribution in [0.2, 0.25) is 0 Å². The van der Waals surface area contributed by atoms with Gasteiger partial charge in [-0.25, -0.2) is 9.37 Å². The molecule has 0 N–H and O–H groups in total. The molecule has 5 rings (SSSR count). The van der Waals surface area contributed by atoms with Gasteiger partial charge in [0.05, 0.1) is 36.0 Å². The Hall–Kier alpha value is -4.14. The number of hydrogen-bond donors (Lipinski definition) is 0. The van der Waals surface area contributed by atoms with Crippen LogP contribution < -0.4 is 5.01 Å². The monoisotopic (exact) mass is 527 g/mol. The molecule has 5 aromatic rings. The minimum absolute atomic E-state index is 0.0779. The Kier molecular flexibility index (Phi) is 5.76. The summed E-state index contributed by atoms with van der Waals surface area (Å²) in [7, 11) is 0. The molecule has 2 aromatic carbocycles. The minimum atomic E-state index is -0.560. The maximum atomic E-state index is 13.7. The second kappa shape index (κ2) is 8.90. The maximum Gasteiger partial charge on any atom is 0.324 e. The van der Waals surface area contributed by atoms with E-state index in [0.717, 1.165) is 39.0 Å². The van der Waals surface area contributed by atoms with E-state index in [1.807, 2.05) is 0 Å². The van der Waals surface area contributed by atoms with E-state index in [1.54, 1.807) is 6.07 Å². The zero-order valence-electron chi connectivity index (χ0n) is 17.2. The lowest BCUT2D eigenvalue weighted by molar-refractivity contribution is -0.384. The molecule has 0 saturated carbocycles. The van der Waals surface area contributed by atoms with E-state index in [9.17, 15) is 29.4 Å². The van der Waals surface area contributed by atoms with Gasteiger partial charge in [0.1, 0.15) is 5.82 Å². The number of thiazole rings is 1. The number of aromatic nitrogens is 1. The van der Waals surface area contributed by atoms with Crippen LogP contribution in [0, 0.1) is 26.0 Å². The highest BCUT2D eigenvalue weighted by Gasteiger charge is 2.24. The first-order valence-corrected chi connectivity index (χ1v) is 12.1. The van der Waals surface area contributed by atoms with E-state index in [-0.39, 0.29) is 20.7 Å². The van der Waals surface area contributed by atoms with Crippen molar-refractivity contribution in [1.82, 2.24) is 4.98 Å². The molecule has 0 bridgehead atoms. The largest absolute Gasteiger partial charge is 0.324 e. The van der Waals surface area contributed by atoms with Gasteiger partial charge in [0.15, 0.2) is 0 Å². The summed E-state index contributed by atoms with van der Waals surface area (Å²) in [5.41, 5.74) is 0.370. The van der Waals surface area contributed by atoms with Crippen LogP contribution in [-0.2, 0) is 0 Å². The van der Waals surface area contributed by atoms with Crippen LogP contribution in [0.4, 0.5) is 20.2 Å². The molecular formula is C21H10FN5O5S3. The molecule has 3 heterocycles. The number of rotatable bonds is 6. The molecule has 10 nitrogen and oxygen atoms in total. The number of nitro benzene ring substituents is 1. The third-order valence-electron chi connectivity index (χ3n) is 4.73. The third-order valence-corrected chi connectivity index (χ3v) is 7.80. The molecule has 174 valence electrons. The average Bonchev–Trinajstić information content (AvgIpc) is 3.56. The van der Waals surface area contributed by atoms with Crippen molar-refractivity contribution in [1.29, 1.82) is 0 Å². The van der Waals surface area contributed by atoms with Gasteiger partial charge in [0, 0.05) is 28.3 Å². The Morgan fingerprint density at radius 2 is 1.80 bits per heavy atom. The number of halogens is 1. The Labute approximate surface area is 206 Å². The molecule has 0 atom stereocenters. The molecule has 0 saturated heterocycles. The number of nitrogens with zero attached hydrogens (tertiary/aromatic N) is 5. The fraction of sp³-hybridized carbons (Fsp3) is 0. The topological polar surface area (TPSA) is 132 Å². The second-order valence-electron chi connectivity index (χ2n) is 6.99. The first kappa shape index (κ1) is 22.6. The first-order valence-electron chi connectivity index (χ1n) is 9.65. The van der Waals surface area contributed by atoms with E-state index < -0.39 is 21.6 Å². The smallest absolute Gasteiger partial charge is 0.266 e. The van der Waals surface area contributed by atoms with E-state index in [2.05, 4.69) is 10.1 Å². The number of carbonyl (C=O) groups excluding carboxylic acids is 1. The number of fused-ring (bicyclic) bond motifs is 2. The van der Waals surface area contributed by atoms with Crippen LogP contribution in [-0.4, -0.2) is 27.0 Å². The quantitative estimate of drug-likeness (QED) is 0.147. The highest BCUT2D eigenvalue weighted by Crippen LogP contribution is 2.34. The second-order valence-corrected chi connectivity index (χ2v) is 10.2. The van der Waals surface area contributed by atoms with Crippen molar-refractivity contribution in [3.63, 3.8) is 0 Å². The lowest BCUT2D eigenvalue weighted by atomic mass is 10.2. The van der Waals surface area contributed by atoms with Gasteiger partial charge >= 0.3 is 5.00 Å². The zero-order valence-corrected chi connectivity index (χ0v) is 19.6. The van der Waals surface area contributed by atoms with Crippen molar-refractivity contribution < 1.29 is 19.0 Å². The molecular weight excluding hydrogens is 517 g/mol. The SMILES string of the molecule is O=C(c1cc2cc([N+](=O)[O-])ccc2s1)N(/N=C/c1ccc([N+](=O)[O-])s1)c1nc2ccc(F)cc2s1. The summed E-state index contributed by atoms with van der Waals surface area (Å²) in [5, 5.41) is 28.0. The van der Waals surface area contributed by atoms with E-state index in [4.69, 9.17) is 0 Å². The Bertz CT molecular complexity index is 1670. The fourth-order valence-corrected chi connectivity index (χ4v) is 5.75. The van der Waals surface area contributed by atoms with Gasteiger partial charge in [-0.1, -0.05) is 22.7 Å². The first-order chi connectivity index (χ1) is 16.8. The average molecular weight is 528 g/mol. The van der Waals surface area contributed by atoms with Gasteiger partial charge in [-0.05, 0) is 36.4 Å². The van der Waals surface area contributed by atoms with Crippen molar-refractivity contribution in [2.24, 2.45) is 5.10 Å². The van der Waals surface area contributed by atoms with E-state index in [0.29, 0.717) is 25.2 Å². The predicted molar refractivity (Wildman–Crippen MR) is 133 cm³/mol. The Morgan fingerprint density at radius 1 is 0.971 bits per heavy atom. The summed E-state index contributed by atoms with van der Waals surface area (Å²) >= 11 is 3.07.